The summed E-state index contributed by atoms with van der Waals surface area (Å²) in [6, 6.07) is 4.75. The molecule has 1 unspecified atom stereocenters. The molecule has 98 valence electrons. The Bertz CT molecular complexity index is 428. The lowest BCUT2D eigenvalue weighted by Crippen LogP contribution is -2.33. The van der Waals surface area contributed by atoms with Crippen LogP contribution in [0.15, 0.2) is 16.7 Å². The number of hydrogen-bond donors (Lipinski definition) is 1. The van der Waals surface area contributed by atoms with E-state index in [0.29, 0.717) is 12.5 Å². The van der Waals surface area contributed by atoms with Crippen LogP contribution in [0.25, 0.3) is 0 Å². The van der Waals surface area contributed by atoms with Gasteiger partial charge in [0, 0.05) is 31.0 Å². The monoisotopic (exact) mass is 246 g/mol. The summed E-state index contributed by atoms with van der Waals surface area (Å²) < 4.78 is 5.50. The van der Waals surface area contributed by atoms with Crippen LogP contribution < -0.4 is 5.32 Å². The Kier molecular flexibility index (Phi) is 4.08. The standard InChI is InChI=1S/C15H22N2O/c1-15(2,8-4-9-16)11-17-13-5-3-6-14-12(13)7-10-18-14/h7,10,13,17H,3-6,8,11H2,1-2H3. The fourth-order valence-corrected chi connectivity index (χ4v) is 2.58. The Morgan fingerprint density at radius 2 is 2.39 bits per heavy atom. The maximum absolute atomic E-state index is 8.67. The van der Waals surface area contributed by atoms with E-state index in [0.717, 1.165) is 25.1 Å². The second kappa shape index (κ2) is 5.58. The zero-order valence-electron chi connectivity index (χ0n) is 11.3. The maximum Gasteiger partial charge on any atom is 0.108 e. The average Bonchev–Trinajstić information content (AvgIpc) is 2.82. The van der Waals surface area contributed by atoms with Crippen molar-refractivity contribution in [2.45, 2.75) is 52.0 Å². The van der Waals surface area contributed by atoms with Gasteiger partial charge in [0.05, 0.1) is 12.3 Å². The Hall–Kier alpha value is -1.27. The molecule has 3 nitrogen and oxygen atoms in total. The molecule has 0 aromatic carbocycles. The van der Waals surface area contributed by atoms with E-state index < -0.39 is 0 Å². The van der Waals surface area contributed by atoms with E-state index in [1.807, 2.05) is 0 Å². The number of furan rings is 1. The van der Waals surface area contributed by atoms with Crippen molar-refractivity contribution in [1.82, 2.24) is 5.32 Å². The topological polar surface area (TPSA) is 49.0 Å². The van der Waals surface area contributed by atoms with Crippen LogP contribution in [0.4, 0.5) is 0 Å². The summed E-state index contributed by atoms with van der Waals surface area (Å²) in [4.78, 5) is 0. The molecule has 1 aromatic heterocycles. The molecule has 1 atom stereocenters. The van der Waals surface area contributed by atoms with Gasteiger partial charge in [0.25, 0.3) is 0 Å². The van der Waals surface area contributed by atoms with Crippen molar-refractivity contribution in [2.24, 2.45) is 5.41 Å². The summed E-state index contributed by atoms with van der Waals surface area (Å²) in [6.07, 6.45) is 6.82. The maximum atomic E-state index is 8.67. The zero-order chi connectivity index (χ0) is 13.0. The fraction of sp³-hybridized carbons (Fsp3) is 0.667. The van der Waals surface area contributed by atoms with Crippen molar-refractivity contribution in [3.05, 3.63) is 23.7 Å². The molecule has 0 aliphatic heterocycles. The van der Waals surface area contributed by atoms with Gasteiger partial charge in [-0.15, -0.1) is 0 Å². The number of hydrogen-bond acceptors (Lipinski definition) is 3. The number of fused-ring (bicyclic) bond motifs is 1. The number of aryl methyl sites for hydroxylation is 1. The average molecular weight is 246 g/mol. The van der Waals surface area contributed by atoms with Gasteiger partial charge in [-0.1, -0.05) is 13.8 Å². The van der Waals surface area contributed by atoms with Gasteiger partial charge < -0.3 is 9.73 Å². The predicted molar refractivity (Wildman–Crippen MR) is 71.0 cm³/mol. The van der Waals surface area contributed by atoms with Gasteiger partial charge in [-0.3, -0.25) is 0 Å². The predicted octanol–water partition coefficient (Wildman–Crippen LogP) is 3.58. The van der Waals surface area contributed by atoms with Crippen molar-refractivity contribution in [2.75, 3.05) is 6.54 Å². The van der Waals surface area contributed by atoms with Crippen LogP contribution in [0.1, 0.15) is 56.9 Å². The van der Waals surface area contributed by atoms with Gasteiger partial charge in [0.2, 0.25) is 0 Å². The van der Waals surface area contributed by atoms with Gasteiger partial charge in [0.1, 0.15) is 5.76 Å². The van der Waals surface area contributed by atoms with Crippen LogP contribution in [0.3, 0.4) is 0 Å². The van der Waals surface area contributed by atoms with Crippen molar-refractivity contribution >= 4 is 0 Å². The van der Waals surface area contributed by atoms with Gasteiger partial charge in [-0.25, -0.2) is 0 Å². The highest BCUT2D eigenvalue weighted by Gasteiger charge is 2.25. The second-order valence-electron chi connectivity index (χ2n) is 5.95. The van der Waals surface area contributed by atoms with Crippen LogP contribution in [-0.2, 0) is 6.42 Å². The third kappa shape index (κ3) is 3.14. The summed E-state index contributed by atoms with van der Waals surface area (Å²) >= 11 is 0. The molecule has 3 heteroatoms. The smallest absolute Gasteiger partial charge is 0.108 e. The molecule has 2 rings (SSSR count). The van der Waals surface area contributed by atoms with Gasteiger partial charge in [-0.05, 0) is 30.7 Å². The van der Waals surface area contributed by atoms with E-state index >= 15 is 0 Å². The fourth-order valence-electron chi connectivity index (χ4n) is 2.58. The lowest BCUT2D eigenvalue weighted by Gasteiger charge is -2.29. The second-order valence-corrected chi connectivity index (χ2v) is 5.95. The number of nitrogens with zero attached hydrogens (tertiary/aromatic N) is 1. The Labute approximate surface area is 109 Å². The number of nitrogens with one attached hydrogen (secondary N) is 1. The van der Waals surface area contributed by atoms with Crippen molar-refractivity contribution in [1.29, 1.82) is 5.26 Å². The van der Waals surface area contributed by atoms with Crippen molar-refractivity contribution in [3.8, 4) is 6.07 Å². The van der Waals surface area contributed by atoms with E-state index in [4.69, 9.17) is 9.68 Å². The highest BCUT2D eigenvalue weighted by Crippen LogP contribution is 2.31. The molecule has 0 fully saturated rings. The molecule has 1 aromatic rings. The molecule has 0 radical (unpaired) electrons. The molecule has 1 heterocycles. The molecular formula is C15H22N2O. The highest BCUT2D eigenvalue weighted by molar-refractivity contribution is 5.24. The molecule has 0 spiro atoms. The first kappa shape index (κ1) is 13.2. The molecule has 1 aliphatic carbocycles. The molecule has 0 bridgehead atoms. The Morgan fingerprint density at radius 3 is 3.17 bits per heavy atom. The van der Waals surface area contributed by atoms with Gasteiger partial charge in [0.15, 0.2) is 0 Å². The number of rotatable bonds is 5. The first-order valence-corrected chi connectivity index (χ1v) is 6.79. The molecule has 1 N–H and O–H groups in total. The summed E-state index contributed by atoms with van der Waals surface area (Å²) in [5, 5.41) is 12.3. The van der Waals surface area contributed by atoms with Crippen LogP contribution in [0.2, 0.25) is 0 Å². The minimum Gasteiger partial charge on any atom is -0.469 e. The first-order chi connectivity index (χ1) is 8.62. The van der Waals surface area contributed by atoms with Crippen LogP contribution in [0.5, 0.6) is 0 Å². The lowest BCUT2D eigenvalue weighted by atomic mass is 9.86. The summed E-state index contributed by atoms with van der Waals surface area (Å²) in [5.41, 5.74) is 1.51. The Balaban J connectivity index is 1.90. The van der Waals surface area contributed by atoms with Crippen LogP contribution in [0, 0.1) is 16.7 Å². The third-order valence-corrected chi connectivity index (χ3v) is 3.79. The van der Waals surface area contributed by atoms with E-state index in [9.17, 15) is 0 Å². The summed E-state index contributed by atoms with van der Waals surface area (Å²) in [6.45, 7) is 5.39. The van der Waals surface area contributed by atoms with Gasteiger partial charge in [-0.2, -0.15) is 5.26 Å². The van der Waals surface area contributed by atoms with E-state index in [1.54, 1.807) is 6.26 Å². The number of nitriles is 1. The SMILES string of the molecule is CC(C)(CCC#N)CNC1CCCc2occc21. The molecule has 18 heavy (non-hydrogen) atoms. The third-order valence-electron chi connectivity index (χ3n) is 3.79. The van der Waals surface area contributed by atoms with E-state index in [2.05, 4.69) is 31.3 Å². The normalized spacial score (nSPS) is 19.3. The van der Waals surface area contributed by atoms with Crippen molar-refractivity contribution < 1.29 is 4.42 Å². The van der Waals surface area contributed by atoms with Crippen LogP contribution >= 0.6 is 0 Å². The molecule has 1 aliphatic rings. The minimum absolute atomic E-state index is 0.178. The molecule has 0 saturated heterocycles. The quantitative estimate of drug-likeness (QED) is 0.864. The van der Waals surface area contributed by atoms with Crippen molar-refractivity contribution in [3.63, 3.8) is 0 Å². The molecule has 0 saturated carbocycles. The zero-order valence-corrected chi connectivity index (χ0v) is 11.3. The van der Waals surface area contributed by atoms with Crippen LogP contribution in [-0.4, -0.2) is 6.54 Å². The summed E-state index contributed by atoms with van der Waals surface area (Å²) in [5.74, 6) is 1.15. The highest BCUT2D eigenvalue weighted by atomic mass is 16.3. The Morgan fingerprint density at radius 1 is 1.56 bits per heavy atom. The summed E-state index contributed by atoms with van der Waals surface area (Å²) in [7, 11) is 0. The van der Waals surface area contributed by atoms with E-state index in [1.165, 1.54) is 18.4 Å². The largest absolute Gasteiger partial charge is 0.469 e. The molecular weight excluding hydrogens is 224 g/mol. The minimum atomic E-state index is 0.178. The lowest BCUT2D eigenvalue weighted by molar-refractivity contribution is 0.288. The molecule has 0 amide bonds. The van der Waals surface area contributed by atoms with E-state index in [-0.39, 0.29) is 5.41 Å². The van der Waals surface area contributed by atoms with Gasteiger partial charge >= 0.3 is 0 Å². The first-order valence-electron chi connectivity index (χ1n) is 6.79.